The van der Waals surface area contributed by atoms with Crippen molar-refractivity contribution in [1.29, 1.82) is 0 Å². The Morgan fingerprint density at radius 1 is 1.39 bits per heavy atom. The molecule has 1 fully saturated rings. The molecule has 0 aliphatic heterocycles. The number of aromatic nitrogens is 1. The van der Waals surface area contributed by atoms with Crippen LogP contribution in [0.1, 0.15) is 35.9 Å². The number of hydrogen-bond donors (Lipinski definition) is 2. The Bertz CT molecular complexity index is 735. The second kappa shape index (κ2) is 5.48. The van der Waals surface area contributed by atoms with Gasteiger partial charge in [0.15, 0.2) is 11.5 Å². The number of sulfonamides is 1. The monoisotopic (exact) mass is 358 g/mol. The van der Waals surface area contributed by atoms with E-state index in [4.69, 9.17) is 0 Å². The summed E-state index contributed by atoms with van der Waals surface area (Å²) in [6.45, 7) is 2.52. The molecule has 1 aliphatic carbocycles. The zero-order valence-electron chi connectivity index (χ0n) is 12.2. The van der Waals surface area contributed by atoms with E-state index in [0.29, 0.717) is 0 Å². The van der Waals surface area contributed by atoms with Gasteiger partial charge in [-0.2, -0.15) is 17.9 Å². The summed E-state index contributed by atoms with van der Waals surface area (Å²) in [6, 6.07) is 0. The summed E-state index contributed by atoms with van der Waals surface area (Å²) in [4.78, 5) is 12.7. The molecule has 130 valence electrons. The first-order chi connectivity index (χ1) is 10.5. The zero-order chi connectivity index (χ0) is 17.6. The number of esters is 1. The highest BCUT2D eigenvalue weighted by atomic mass is 32.2. The lowest BCUT2D eigenvalue weighted by Crippen LogP contribution is -2.47. The highest BCUT2D eigenvalue weighted by Crippen LogP contribution is 2.49. The lowest BCUT2D eigenvalue weighted by Gasteiger charge is -2.20. The molecule has 0 spiro atoms. The van der Waals surface area contributed by atoms with Crippen molar-refractivity contribution in [3.8, 4) is 0 Å². The van der Waals surface area contributed by atoms with Gasteiger partial charge in [0.05, 0.1) is 6.61 Å². The lowest BCUT2D eigenvalue weighted by atomic mass is 10.3. The minimum atomic E-state index is -4.81. The van der Waals surface area contributed by atoms with Crippen molar-refractivity contribution in [2.45, 2.75) is 43.3 Å². The number of aromatic amines is 1. The Balaban J connectivity index is 2.40. The Kier molecular flexibility index (Phi) is 4.22. The number of alkyl halides is 3. The predicted molar refractivity (Wildman–Crippen MR) is 69.8 cm³/mol. The van der Waals surface area contributed by atoms with Crippen LogP contribution < -0.4 is 4.72 Å². The van der Waals surface area contributed by atoms with Crippen LogP contribution in [0.5, 0.6) is 0 Å². The molecule has 1 heterocycles. The highest BCUT2D eigenvalue weighted by Gasteiger charge is 2.65. The number of aryl methyl sites for hydroxylation is 1. The second-order valence-corrected chi connectivity index (χ2v) is 6.79. The van der Waals surface area contributed by atoms with Gasteiger partial charge < -0.3 is 9.72 Å². The maximum atomic E-state index is 14.2. The number of H-pyrrole nitrogens is 1. The van der Waals surface area contributed by atoms with Gasteiger partial charge in [0.2, 0.25) is 10.0 Å². The molecule has 0 aromatic carbocycles. The van der Waals surface area contributed by atoms with E-state index in [1.54, 1.807) is 0 Å². The summed E-state index contributed by atoms with van der Waals surface area (Å²) < 4.78 is 83.2. The minimum Gasteiger partial charge on any atom is -0.461 e. The van der Waals surface area contributed by atoms with Gasteiger partial charge in [-0.15, -0.1) is 0 Å². The molecule has 23 heavy (non-hydrogen) atoms. The van der Waals surface area contributed by atoms with Crippen LogP contribution in [-0.2, 0) is 14.8 Å². The molecule has 0 atom stereocenters. The van der Waals surface area contributed by atoms with Gasteiger partial charge in [-0.1, -0.05) is 0 Å². The largest absolute Gasteiger partial charge is 0.461 e. The number of ether oxygens (including phenoxy) is 1. The van der Waals surface area contributed by atoms with Crippen LogP contribution in [0, 0.1) is 12.7 Å². The molecular formula is C12H14F4N2O4S. The first-order valence-electron chi connectivity index (χ1n) is 6.61. The van der Waals surface area contributed by atoms with Gasteiger partial charge in [0.1, 0.15) is 10.4 Å². The van der Waals surface area contributed by atoms with Crippen LogP contribution in [0.25, 0.3) is 0 Å². The molecule has 11 heteroatoms. The van der Waals surface area contributed by atoms with E-state index in [2.05, 4.69) is 9.72 Å². The fourth-order valence-corrected chi connectivity index (χ4v) is 3.85. The van der Waals surface area contributed by atoms with Crippen LogP contribution in [0.2, 0.25) is 0 Å². The van der Waals surface area contributed by atoms with Crippen LogP contribution >= 0.6 is 0 Å². The molecule has 1 aromatic rings. The number of rotatable bonds is 5. The van der Waals surface area contributed by atoms with E-state index in [9.17, 15) is 30.8 Å². The van der Waals surface area contributed by atoms with Crippen LogP contribution in [-0.4, -0.2) is 37.7 Å². The molecule has 6 nitrogen and oxygen atoms in total. The minimum absolute atomic E-state index is 0.0755. The Morgan fingerprint density at radius 2 is 1.96 bits per heavy atom. The fraction of sp³-hybridized carbons (Fsp3) is 0.583. The summed E-state index contributed by atoms with van der Waals surface area (Å²) in [5, 5.41) is 0. The summed E-state index contributed by atoms with van der Waals surface area (Å²) in [5.74, 6) is -2.60. The van der Waals surface area contributed by atoms with Crippen LogP contribution in [0.4, 0.5) is 17.6 Å². The maximum absolute atomic E-state index is 14.2. The van der Waals surface area contributed by atoms with E-state index in [0.717, 1.165) is 6.92 Å². The maximum Gasteiger partial charge on any atom is 0.407 e. The summed E-state index contributed by atoms with van der Waals surface area (Å²) in [6.07, 6.45) is -5.64. The molecule has 0 bridgehead atoms. The second-order valence-electron chi connectivity index (χ2n) is 5.17. The molecule has 0 radical (unpaired) electrons. The zero-order valence-corrected chi connectivity index (χ0v) is 13.0. The summed E-state index contributed by atoms with van der Waals surface area (Å²) >= 11 is 0. The van der Waals surface area contributed by atoms with E-state index < -0.39 is 57.0 Å². The number of hydrogen-bond acceptors (Lipinski definition) is 4. The Hall–Kier alpha value is -1.62. The topological polar surface area (TPSA) is 88.3 Å². The van der Waals surface area contributed by atoms with Gasteiger partial charge in [-0.3, -0.25) is 0 Å². The van der Waals surface area contributed by atoms with Crippen LogP contribution in [0.3, 0.4) is 0 Å². The van der Waals surface area contributed by atoms with Crippen molar-refractivity contribution in [3.63, 3.8) is 0 Å². The van der Waals surface area contributed by atoms with Gasteiger partial charge in [0.25, 0.3) is 0 Å². The van der Waals surface area contributed by atoms with Crippen molar-refractivity contribution in [2.24, 2.45) is 0 Å². The third-order valence-electron chi connectivity index (χ3n) is 3.44. The molecular weight excluding hydrogens is 344 g/mol. The van der Waals surface area contributed by atoms with Crippen molar-refractivity contribution in [2.75, 3.05) is 6.61 Å². The van der Waals surface area contributed by atoms with Gasteiger partial charge in [-0.25, -0.2) is 17.6 Å². The summed E-state index contributed by atoms with van der Waals surface area (Å²) in [5.41, 5.74) is -3.62. The third-order valence-corrected chi connectivity index (χ3v) is 5.12. The lowest BCUT2D eigenvalue weighted by molar-refractivity contribution is -0.160. The van der Waals surface area contributed by atoms with E-state index in [-0.39, 0.29) is 12.3 Å². The van der Waals surface area contributed by atoms with Crippen LogP contribution in [0.15, 0.2) is 4.90 Å². The Morgan fingerprint density at radius 3 is 2.39 bits per heavy atom. The normalized spacial score (nSPS) is 17.1. The van der Waals surface area contributed by atoms with E-state index in [1.807, 2.05) is 0 Å². The number of nitrogens with one attached hydrogen (secondary N) is 2. The average molecular weight is 358 g/mol. The highest BCUT2D eigenvalue weighted by molar-refractivity contribution is 7.89. The van der Waals surface area contributed by atoms with Gasteiger partial charge in [0, 0.05) is 5.69 Å². The van der Waals surface area contributed by atoms with Gasteiger partial charge >= 0.3 is 12.1 Å². The van der Waals surface area contributed by atoms with Crippen molar-refractivity contribution < 1.29 is 35.5 Å². The van der Waals surface area contributed by atoms with Crippen molar-refractivity contribution >= 4 is 16.0 Å². The molecule has 0 saturated heterocycles. The Labute approximate surface area is 129 Å². The average Bonchev–Trinajstić information content (AvgIpc) is 3.08. The smallest absolute Gasteiger partial charge is 0.407 e. The SMILES string of the molecule is CCOC(=O)c1[nH]c(C)c(S(=O)(=O)NC2(C(F)(F)F)CC2)c1F. The molecule has 0 unspecified atom stereocenters. The quantitative estimate of drug-likeness (QED) is 0.623. The predicted octanol–water partition coefficient (Wildman–Crippen LogP) is 2.01. The van der Waals surface area contributed by atoms with Crippen molar-refractivity contribution in [3.05, 3.63) is 17.2 Å². The fourth-order valence-electron chi connectivity index (χ4n) is 2.12. The first-order valence-corrected chi connectivity index (χ1v) is 8.09. The standard InChI is InChI=1S/C12H14F4N2O4S/c1-3-22-10(19)8-7(13)9(6(2)17-8)23(20,21)18-11(4-5-11)12(14,15)16/h17-18H,3-5H2,1-2H3. The number of halogens is 4. The van der Waals surface area contributed by atoms with Crippen molar-refractivity contribution in [1.82, 2.24) is 9.71 Å². The molecule has 1 saturated carbocycles. The molecule has 2 rings (SSSR count). The van der Waals surface area contributed by atoms with E-state index >= 15 is 0 Å². The number of carbonyl (C=O) groups is 1. The molecule has 1 aliphatic rings. The number of carbonyl (C=O) groups excluding carboxylic acids is 1. The first kappa shape index (κ1) is 17.7. The van der Waals surface area contributed by atoms with E-state index in [1.165, 1.54) is 11.6 Å². The van der Waals surface area contributed by atoms with Gasteiger partial charge in [-0.05, 0) is 26.7 Å². The molecule has 0 amide bonds. The molecule has 2 N–H and O–H groups in total. The third kappa shape index (κ3) is 3.07. The summed E-state index contributed by atoms with van der Waals surface area (Å²) in [7, 11) is -4.81. The molecule has 1 aromatic heterocycles.